The van der Waals surface area contributed by atoms with Crippen molar-refractivity contribution in [2.45, 2.75) is 32.2 Å². The van der Waals surface area contributed by atoms with Gasteiger partial charge in [0.15, 0.2) is 0 Å². The van der Waals surface area contributed by atoms with Crippen LogP contribution in [0, 0.1) is 6.92 Å². The van der Waals surface area contributed by atoms with Gasteiger partial charge in [0, 0.05) is 18.4 Å². The van der Waals surface area contributed by atoms with Crippen molar-refractivity contribution in [3.63, 3.8) is 0 Å². The number of aryl methyl sites for hydroxylation is 2. The molecular formula is C17H22N2. The smallest absolute Gasteiger partial charge is 0.0299 e. The number of rotatable bonds is 6. The van der Waals surface area contributed by atoms with Crippen molar-refractivity contribution in [3.05, 3.63) is 65.5 Å². The minimum absolute atomic E-state index is 0.516. The second-order valence-corrected chi connectivity index (χ2v) is 5.08. The van der Waals surface area contributed by atoms with E-state index >= 15 is 0 Å². The molecule has 2 heteroatoms. The first kappa shape index (κ1) is 13.8. The third kappa shape index (κ3) is 4.49. The van der Waals surface area contributed by atoms with Gasteiger partial charge in [0.25, 0.3) is 0 Å². The highest BCUT2D eigenvalue weighted by Gasteiger charge is 2.07. The monoisotopic (exact) mass is 254 g/mol. The van der Waals surface area contributed by atoms with E-state index in [-0.39, 0.29) is 0 Å². The first-order valence-electron chi connectivity index (χ1n) is 6.89. The average molecular weight is 254 g/mol. The maximum Gasteiger partial charge on any atom is 0.0299 e. The van der Waals surface area contributed by atoms with Crippen LogP contribution in [0.4, 0.5) is 0 Å². The molecule has 1 atom stereocenters. The van der Waals surface area contributed by atoms with Crippen LogP contribution in [-0.2, 0) is 12.8 Å². The van der Waals surface area contributed by atoms with Crippen molar-refractivity contribution in [2.24, 2.45) is 0 Å². The molecule has 1 aromatic heterocycles. The van der Waals surface area contributed by atoms with E-state index in [1.807, 2.05) is 25.5 Å². The Labute approximate surface area is 115 Å². The van der Waals surface area contributed by atoms with E-state index in [0.717, 1.165) is 19.3 Å². The third-order valence-electron chi connectivity index (χ3n) is 3.48. The lowest BCUT2D eigenvalue weighted by molar-refractivity contribution is 0.520. The van der Waals surface area contributed by atoms with Crippen molar-refractivity contribution in [1.82, 2.24) is 10.3 Å². The number of hydrogen-bond acceptors (Lipinski definition) is 2. The molecule has 0 saturated carbocycles. The van der Waals surface area contributed by atoms with Gasteiger partial charge in [0.1, 0.15) is 0 Å². The summed E-state index contributed by atoms with van der Waals surface area (Å²) in [6, 6.07) is 13.4. The van der Waals surface area contributed by atoms with Gasteiger partial charge in [-0.2, -0.15) is 0 Å². The van der Waals surface area contributed by atoms with Gasteiger partial charge in [0.2, 0.25) is 0 Å². The molecule has 0 radical (unpaired) electrons. The Morgan fingerprint density at radius 3 is 2.68 bits per heavy atom. The van der Waals surface area contributed by atoms with Crippen LogP contribution in [0.1, 0.15) is 23.1 Å². The minimum atomic E-state index is 0.516. The van der Waals surface area contributed by atoms with Gasteiger partial charge in [0.05, 0.1) is 0 Å². The second kappa shape index (κ2) is 7.05. The van der Waals surface area contributed by atoms with Crippen LogP contribution < -0.4 is 5.32 Å². The summed E-state index contributed by atoms with van der Waals surface area (Å²) in [7, 11) is 2.05. The van der Waals surface area contributed by atoms with Gasteiger partial charge in [-0.15, -0.1) is 0 Å². The topological polar surface area (TPSA) is 24.9 Å². The normalized spacial score (nSPS) is 12.3. The van der Waals surface area contributed by atoms with Gasteiger partial charge >= 0.3 is 0 Å². The van der Waals surface area contributed by atoms with E-state index in [1.54, 1.807) is 0 Å². The molecule has 0 aliphatic rings. The van der Waals surface area contributed by atoms with E-state index in [4.69, 9.17) is 0 Å². The Morgan fingerprint density at radius 1 is 1.16 bits per heavy atom. The summed E-state index contributed by atoms with van der Waals surface area (Å²) in [4.78, 5) is 4.16. The largest absolute Gasteiger partial charge is 0.317 e. The van der Waals surface area contributed by atoms with E-state index in [2.05, 4.69) is 47.6 Å². The summed E-state index contributed by atoms with van der Waals surface area (Å²) < 4.78 is 0. The lowest BCUT2D eigenvalue weighted by Gasteiger charge is -2.16. The molecule has 1 unspecified atom stereocenters. The number of aromatic nitrogens is 1. The summed E-state index contributed by atoms with van der Waals surface area (Å²) in [5, 5.41) is 3.42. The highest BCUT2D eigenvalue weighted by Crippen LogP contribution is 2.11. The van der Waals surface area contributed by atoms with Gasteiger partial charge in [-0.05, 0) is 50.4 Å². The lowest BCUT2D eigenvalue weighted by Crippen LogP contribution is -2.28. The average Bonchev–Trinajstić information content (AvgIpc) is 2.44. The fourth-order valence-electron chi connectivity index (χ4n) is 2.36. The molecular weight excluding hydrogens is 232 g/mol. The zero-order valence-corrected chi connectivity index (χ0v) is 11.8. The number of benzene rings is 1. The molecule has 0 amide bonds. The van der Waals surface area contributed by atoms with Crippen LogP contribution in [0.25, 0.3) is 0 Å². The maximum atomic E-state index is 4.16. The SMILES string of the molecule is CNC(CCc1cccnc1)Cc1cccc(C)c1. The number of likely N-dealkylation sites (N-methyl/N-ethyl adjacent to an activating group) is 1. The van der Waals surface area contributed by atoms with Gasteiger partial charge in [-0.3, -0.25) is 4.98 Å². The Hall–Kier alpha value is -1.67. The van der Waals surface area contributed by atoms with E-state index in [9.17, 15) is 0 Å². The molecule has 0 bridgehead atoms. The Bertz CT molecular complexity index is 494. The molecule has 1 aromatic carbocycles. The fraction of sp³-hybridized carbons (Fsp3) is 0.353. The van der Waals surface area contributed by atoms with E-state index < -0.39 is 0 Å². The second-order valence-electron chi connectivity index (χ2n) is 5.08. The van der Waals surface area contributed by atoms with Crippen LogP contribution in [-0.4, -0.2) is 18.1 Å². The van der Waals surface area contributed by atoms with Crippen LogP contribution in [0.5, 0.6) is 0 Å². The Balaban J connectivity index is 1.90. The standard InChI is InChI=1S/C17H22N2/c1-14-5-3-6-16(11-14)12-17(18-2)9-8-15-7-4-10-19-13-15/h3-7,10-11,13,17-18H,8-9,12H2,1-2H3. The summed E-state index contributed by atoms with van der Waals surface area (Å²) in [5.41, 5.74) is 4.05. The summed E-state index contributed by atoms with van der Waals surface area (Å²) in [6.45, 7) is 2.15. The number of nitrogens with one attached hydrogen (secondary N) is 1. The molecule has 2 nitrogen and oxygen atoms in total. The molecule has 100 valence electrons. The zero-order chi connectivity index (χ0) is 13.5. The molecule has 1 heterocycles. The molecule has 0 aliphatic carbocycles. The van der Waals surface area contributed by atoms with Crippen molar-refractivity contribution < 1.29 is 0 Å². The zero-order valence-electron chi connectivity index (χ0n) is 11.8. The number of pyridine rings is 1. The Morgan fingerprint density at radius 2 is 2.00 bits per heavy atom. The minimum Gasteiger partial charge on any atom is -0.317 e. The van der Waals surface area contributed by atoms with Crippen molar-refractivity contribution in [3.8, 4) is 0 Å². The van der Waals surface area contributed by atoms with Crippen LogP contribution in [0.3, 0.4) is 0 Å². The van der Waals surface area contributed by atoms with Gasteiger partial charge < -0.3 is 5.32 Å². The van der Waals surface area contributed by atoms with Crippen LogP contribution >= 0.6 is 0 Å². The van der Waals surface area contributed by atoms with Crippen LogP contribution in [0.2, 0.25) is 0 Å². The first-order valence-corrected chi connectivity index (χ1v) is 6.89. The van der Waals surface area contributed by atoms with Gasteiger partial charge in [-0.25, -0.2) is 0 Å². The number of nitrogens with zero attached hydrogens (tertiary/aromatic N) is 1. The number of hydrogen-bond donors (Lipinski definition) is 1. The summed E-state index contributed by atoms with van der Waals surface area (Å²) in [6.07, 6.45) is 7.07. The van der Waals surface area contributed by atoms with E-state index in [1.165, 1.54) is 16.7 Å². The van der Waals surface area contributed by atoms with E-state index in [0.29, 0.717) is 6.04 Å². The summed E-state index contributed by atoms with van der Waals surface area (Å²) in [5.74, 6) is 0. The molecule has 19 heavy (non-hydrogen) atoms. The third-order valence-corrected chi connectivity index (χ3v) is 3.48. The highest BCUT2D eigenvalue weighted by atomic mass is 14.9. The van der Waals surface area contributed by atoms with Crippen molar-refractivity contribution in [1.29, 1.82) is 0 Å². The van der Waals surface area contributed by atoms with Crippen molar-refractivity contribution in [2.75, 3.05) is 7.05 Å². The fourth-order valence-corrected chi connectivity index (χ4v) is 2.36. The lowest BCUT2D eigenvalue weighted by atomic mass is 9.99. The van der Waals surface area contributed by atoms with Crippen molar-refractivity contribution >= 4 is 0 Å². The predicted octanol–water partition coefficient (Wildman–Crippen LogP) is 3.15. The van der Waals surface area contributed by atoms with Gasteiger partial charge in [-0.1, -0.05) is 35.9 Å². The Kier molecular flexibility index (Phi) is 5.10. The predicted molar refractivity (Wildman–Crippen MR) is 80.3 cm³/mol. The first-order chi connectivity index (χ1) is 9.28. The van der Waals surface area contributed by atoms with Crippen LogP contribution in [0.15, 0.2) is 48.8 Å². The molecule has 0 fully saturated rings. The molecule has 0 spiro atoms. The molecule has 2 rings (SSSR count). The highest BCUT2D eigenvalue weighted by molar-refractivity contribution is 5.23. The molecule has 0 saturated heterocycles. The molecule has 1 N–H and O–H groups in total. The summed E-state index contributed by atoms with van der Waals surface area (Å²) >= 11 is 0. The maximum absolute atomic E-state index is 4.16. The quantitative estimate of drug-likeness (QED) is 0.856. The molecule has 0 aliphatic heterocycles. The molecule has 2 aromatic rings.